The van der Waals surface area contributed by atoms with Crippen molar-refractivity contribution in [1.82, 2.24) is 4.90 Å². The molecule has 0 aromatic rings. The molecule has 0 atom stereocenters. The first-order chi connectivity index (χ1) is 29.0. The molecule has 1 rings (SSSR count). The van der Waals surface area contributed by atoms with E-state index >= 15 is 0 Å². The number of hydrogen-bond donors (Lipinski definition) is 0. The van der Waals surface area contributed by atoms with Crippen molar-refractivity contribution in [2.24, 2.45) is 11.8 Å². The number of carbonyl (C=O) groups excluding carboxylic acids is 2. The maximum absolute atomic E-state index is 12.5. The van der Waals surface area contributed by atoms with E-state index in [2.05, 4.69) is 32.6 Å². The fraction of sp³-hybridized carbons (Fsp3) is 0.962. The van der Waals surface area contributed by atoms with Crippen LogP contribution in [0.1, 0.15) is 272 Å². The highest BCUT2D eigenvalue weighted by Gasteiger charge is 2.17. The molecule has 0 saturated carbocycles. The third-order valence-electron chi connectivity index (χ3n) is 13.1. The fourth-order valence-corrected chi connectivity index (χ4v) is 9.14. The van der Waals surface area contributed by atoms with Crippen molar-refractivity contribution in [2.75, 3.05) is 39.5 Å². The van der Waals surface area contributed by atoms with Gasteiger partial charge in [0.2, 0.25) is 0 Å². The van der Waals surface area contributed by atoms with Gasteiger partial charge in [0.05, 0.1) is 19.3 Å². The summed E-state index contributed by atoms with van der Waals surface area (Å²) < 4.78 is 17.9. The van der Waals surface area contributed by atoms with Crippen LogP contribution in [-0.4, -0.2) is 62.4 Å². The molecule has 0 aromatic heterocycles. The Balaban J connectivity index is 2.21. The molecule has 0 unspecified atom stereocenters. The minimum atomic E-state index is 0.0342. The molecule has 350 valence electrons. The molecule has 0 aromatic carbocycles. The summed E-state index contributed by atoms with van der Waals surface area (Å²) >= 11 is 0. The molecule has 6 nitrogen and oxygen atoms in total. The number of rotatable bonds is 45. The van der Waals surface area contributed by atoms with Crippen LogP contribution < -0.4 is 0 Å². The average Bonchev–Trinajstić information content (AvgIpc) is 3.23. The summed E-state index contributed by atoms with van der Waals surface area (Å²) in [6.45, 7) is 14.9. The second-order valence-corrected chi connectivity index (χ2v) is 18.8. The van der Waals surface area contributed by atoms with E-state index in [-0.39, 0.29) is 11.9 Å². The van der Waals surface area contributed by atoms with Gasteiger partial charge in [-0.2, -0.15) is 0 Å². The van der Waals surface area contributed by atoms with Crippen molar-refractivity contribution in [3.8, 4) is 0 Å². The predicted molar refractivity (Wildman–Crippen MR) is 253 cm³/mol. The van der Waals surface area contributed by atoms with E-state index in [9.17, 15) is 9.59 Å². The lowest BCUT2D eigenvalue weighted by atomic mass is 9.92. The number of hydrogen-bond acceptors (Lipinski definition) is 6. The van der Waals surface area contributed by atoms with Crippen LogP contribution in [0.3, 0.4) is 0 Å². The normalized spacial score (nSPS) is 13.6. The van der Waals surface area contributed by atoms with Gasteiger partial charge in [-0.1, -0.05) is 188 Å². The van der Waals surface area contributed by atoms with E-state index in [0.29, 0.717) is 44.0 Å². The third kappa shape index (κ3) is 37.2. The van der Waals surface area contributed by atoms with Gasteiger partial charge in [0.1, 0.15) is 0 Å². The molecule has 1 saturated heterocycles. The van der Waals surface area contributed by atoms with Crippen molar-refractivity contribution in [3.63, 3.8) is 0 Å². The molecule has 0 radical (unpaired) electrons. The van der Waals surface area contributed by atoms with Gasteiger partial charge in [0, 0.05) is 26.0 Å². The van der Waals surface area contributed by atoms with Crippen molar-refractivity contribution in [1.29, 1.82) is 0 Å². The second kappa shape index (κ2) is 43.5. The van der Waals surface area contributed by atoms with Crippen molar-refractivity contribution < 1.29 is 23.8 Å². The molecule has 1 heterocycles. The maximum Gasteiger partial charge on any atom is 0.306 e. The van der Waals surface area contributed by atoms with Gasteiger partial charge in [0.25, 0.3) is 0 Å². The van der Waals surface area contributed by atoms with E-state index in [0.717, 1.165) is 25.9 Å². The van der Waals surface area contributed by atoms with Crippen LogP contribution >= 0.6 is 0 Å². The molecule has 0 N–H and O–H groups in total. The molecular weight excluding hydrogens is 731 g/mol. The maximum atomic E-state index is 12.5. The molecule has 0 spiro atoms. The van der Waals surface area contributed by atoms with Crippen LogP contribution in [0.5, 0.6) is 0 Å². The molecule has 1 fully saturated rings. The Morgan fingerprint density at radius 3 is 1.15 bits per heavy atom. The molecular formula is C53H103NO5. The highest BCUT2D eigenvalue weighted by atomic mass is 16.5. The van der Waals surface area contributed by atoms with Gasteiger partial charge >= 0.3 is 11.9 Å². The topological polar surface area (TPSA) is 65.1 Å². The van der Waals surface area contributed by atoms with Crippen LogP contribution in [-0.2, 0) is 23.8 Å². The summed E-state index contributed by atoms with van der Waals surface area (Å²) in [5.74, 6) is 1.10. The van der Waals surface area contributed by atoms with Gasteiger partial charge < -0.3 is 19.1 Å². The predicted octanol–water partition coefficient (Wildman–Crippen LogP) is 15.9. The third-order valence-corrected chi connectivity index (χ3v) is 13.1. The highest BCUT2D eigenvalue weighted by molar-refractivity contribution is 5.70. The van der Waals surface area contributed by atoms with Gasteiger partial charge in [-0.05, 0) is 95.6 Å². The quantitative estimate of drug-likeness (QED) is 0.0450. The molecule has 0 aliphatic carbocycles. The summed E-state index contributed by atoms with van der Waals surface area (Å²) in [4.78, 5) is 27.7. The summed E-state index contributed by atoms with van der Waals surface area (Å²) in [6.07, 6.45) is 46.3. The first-order valence-electron chi connectivity index (χ1n) is 26.7. The van der Waals surface area contributed by atoms with E-state index in [1.807, 2.05) is 0 Å². The van der Waals surface area contributed by atoms with E-state index in [4.69, 9.17) is 14.2 Å². The summed E-state index contributed by atoms with van der Waals surface area (Å²) in [5.41, 5.74) is 0. The monoisotopic (exact) mass is 834 g/mol. The van der Waals surface area contributed by atoms with Crippen molar-refractivity contribution >= 4 is 11.9 Å². The molecule has 0 bridgehead atoms. The lowest BCUT2D eigenvalue weighted by Gasteiger charge is -2.26. The van der Waals surface area contributed by atoms with Crippen molar-refractivity contribution in [2.45, 2.75) is 278 Å². The minimum Gasteiger partial charge on any atom is -0.466 e. The van der Waals surface area contributed by atoms with Gasteiger partial charge in [-0.3, -0.25) is 9.59 Å². The summed E-state index contributed by atoms with van der Waals surface area (Å²) in [6, 6.07) is 0. The molecule has 1 aliphatic heterocycles. The smallest absolute Gasteiger partial charge is 0.306 e. The van der Waals surface area contributed by atoms with E-state index in [1.54, 1.807) is 0 Å². The molecule has 1 aliphatic rings. The molecule has 59 heavy (non-hydrogen) atoms. The second-order valence-electron chi connectivity index (χ2n) is 18.8. The zero-order valence-electron chi connectivity index (χ0n) is 40.3. The summed E-state index contributed by atoms with van der Waals surface area (Å²) in [5, 5.41) is 0. The van der Waals surface area contributed by atoms with Gasteiger partial charge in [-0.15, -0.1) is 0 Å². The Hall–Kier alpha value is -1.14. The van der Waals surface area contributed by atoms with E-state index < -0.39 is 0 Å². The lowest BCUT2D eigenvalue weighted by molar-refractivity contribution is -0.146. The lowest BCUT2D eigenvalue weighted by Crippen LogP contribution is -2.31. The van der Waals surface area contributed by atoms with Crippen LogP contribution in [0.15, 0.2) is 0 Å². The number of ether oxygens (including phenoxy) is 3. The van der Waals surface area contributed by atoms with Crippen molar-refractivity contribution in [3.05, 3.63) is 0 Å². The molecule has 6 heteroatoms. The van der Waals surface area contributed by atoms with Crippen LogP contribution in [0.25, 0.3) is 0 Å². The van der Waals surface area contributed by atoms with Gasteiger partial charge in [0.15, 0.2) is 0 Å². The van der Waals surface area contributed by atoms with Crippen LogP contribution in [0.4, 0.5) is 0 Å². The number of piperidine rings is 1. The zero-order chi connectivity index (χ0) is 42.7. The Morgan fingerprint density at radius 2 is 0.763 bits per heavy atom. The average molecular weight is 834 g/mol. The largest absolute Gasteiger partial charge is 0.466 e. The number of esters is 2. The first-order valence-corrected chi connectivity index (χ1v) is 26.7. The van der Waals surface area contributed by atoms with Crippen LogP contribution in [0, 0.1) is 11.8 Å². The standard InChI is InChI=1S/C53H103NO5/c1-5-9-24-35-49(36-25-10-6-2)47-52(55)58-44-32-21-17-13-15-19-28-39-51(57-46-34-43-54-41-30-23-31-42-54)40-29-20-16-14-18-22-33-45-59-53(56)48-50(37-26-11-7-3)38-27-12-8-4/h49-51H,5-48H2,1-4H3. The highest BCUT2D eigenvalue weighted by Crippen LogP contribution is 2.24. The first kappa shape index (κ1) is 55.9. The summed E-state index contributed by atoms with van der Waals surface area (Å²) in [7, 11) is 0. The number of carbonyl (C=O) groups is 2. The Kier molecular flexibility index (Phi) is 41.2. The number of nitrogens with zero attached hydrogens (tertiary/aromatic N) is 1. The Bertz CT molecular complexity index is 813. The number of unbranched alkanes of at least 4 members (excludes halogenated alkanes) is 20. The van der Waals surface area contributed by atoms with Gasteiger partial charge in [-0.25, -0.2) is 0 Å². The Labute approximate surface area is 368 Å². The minimum absolute atomic E-state index is 0.0342. The molecule has 0 amide bonds. The zero-order valence-corrected chi connectivity index (χ0v) is 40.3. The SMILES string of the molecule is CCCCCC(CCCCC)CC(=O)OCCCCCCCCCC(CCCCCCCCCOC(=O)CC(CCCCC)CCCCC)OCCCN1CCCCC1. The van der Waals surface area contributed by atoms with Crippen LogP contribution in [0.2, 0.25) is 0 Å². The van der Waals surface area contributed by atoms with E-state index in [1.165, 1.54) is 232 Å². The number of likely N-dealkylation sites (tertiary alicyclic amines) is 1. The Morgan fingerprint density at radius 1 is 0.407 bits per heavy atom. The fourth-order valence-electron chi connectivity index (χ4n) is 9.14.